The lowest BCUT2D eigenvalue weighted by Crippen LogP contribution is -2.29. The molecule has 0 fully saturated rings. The molecule has 5 heteroatoms. The minimum atomic E-state index is 0.0597. The van der Waals surface area contributed by atoms with E-state index in [0.717, 1.165) is 40.9 Å². The smallest absolute Gasteiger partial charge is 0.162 e. The molecule has 1 aromatic carbocycles. The Morgan fingerprint density at radius 1 is 1.30 bits per heavy atom. The zero-order valence-corrected chi connectivity index (χ0v) is 13.3. The fourth-order valence-corrected chi connectivity index (χ4v) is 3.27. The Hall–Kier alpha value is -1.36. The van der Waals surface area contributed by atoms with Crippen LogP contribution in [-0.4, -0.2) is 30.7 Å². The molecule has 0 saturated carbocycles. The number of thioether (sulfide) groups is 1. The van der Waals surface area contributed by atoms with Crippen LogP contribution < -0.4 is 14.8 Å². The van der Waals surface area contributed by atoms with E-state index in [-0.39, 0.29) is 5.54 Å². The minimum absolute atomic E-state index is 0.0597. The van der Waals surface area contributed by atoms with Gasteiger partial charge in [-0.2, -0.15) is 0 Å². The number of hydrogen-bond donors (Lipinski definition) is 1. The average Bonchev–Trinajstić information content (AvgIpc) is 2.47. The van der Waals surface area contributed by atoms with Crippen molar-refractivity contribution in [1.29, 1.82) is 0 Å². The first-order valence-electron chi connectivity index (χ1n) is 6.82. The summed E-state index contributed by atoms with van der Waals surface area (Å²) in [4.78, 5) is 4.82. The first-order chi connectivity index (χ1) is 9.60. The topological polar surface area (TPSA) is 42.8 Å². The fraction of sp³-hybridized carbons (Fsp3) is 0.533. The summed E-state index contributed by atoms with van der Waals surface area (Å²) in [6.45, 7) is 4.40. The van der Waals surface area contributed by atoms with E-state index in [0.29, 0.717) is 0 Å². The molecule has 20 heavy (non-hydrogen) atoms. The third kappa shape index (κ3) is 3.39. The molecule has 0 saturated heterocycles. The maximum atomic E-state index is 5.32. The predicted molar refractivity (Wildman–Crippen MR) is 86.4 cm³/mol. The zero-order chi connectivity index (χ0) is 14.6. The van der Waals surface area contributed by atoms with Crippen LogP contribution in [0.25, 0.3) is 0 Å². The van der Waals surface area contributed by atoms with Gasteiger partial charge in [-0.1, -0.05) is 18.7 Å². The summed E-state index contributed by atoms with van der Waals surface area (Å²) < 4.78 is 10.6. The predicted octanol–water partition coefficient (Wildman–Crippen LogP) is 3.78. The Balaban J connectivity index is 2.18. The molecule has 0 spiro atoms. The number of amidine groups is 1. The lowest BCUT2D eigenvalue weighted by molar-refractivity contribution is 0.355. The van der Waals surface area contributed by atoms with Crippen LogP contribution in [0.5, 0.6) is 11.5 Å². The number of ether oxygens (including phenoxy) is 2. The standard InChI is InChI=1S/C15H22N2O2S/c1-5-15(2)8-9-20-14(17-15)16-11-6-7-12(18-3)13(10-11)19-4/h6-7,10H,5,8-9H2,1-4H3,(H,16,17). The van der Waals surface area contributed by atoms with Gasteiger partial charge in [-0.05, 0) is 31.9 Å². The van der Waals surface area contributed by atoms with E-state index in [1.54, 1.807) is 26.0 Å². The molecule has 1 heterocycles. The third-order valence-corrected chi connectivity index (χ3v) is 4.52. The van der Waals surface area contributed by atoms with E-state index in [1.807, 2.05) is 18.2 Å². The van der Waals surface area contributed by atoms with Gasteiger partial charge in [0.1, 0.15) is 0 Å². The molecule has 1 N–H and O–H groups in total. The van der Waals surface area contributed by atoms with Crippen molar-refractivity contribution in [1.82, 2.24) is 0 Å². The van der Waals surface area contributed by atoms with Gasteiger partial charge in [0.25, 0.3) is 0 Å². The van der Waals surface area contributed by atoms with E-state index < -0.39 is 0 Å². The van der Waals surface area contributed by atoms with E-state index in [9.17, 15) is 0 Å². The molecule has 4 nitrogen and oxygen atoms in total. The number of methoxy groups -OCH3 is 2. The van der Waals surface area contributed by atoms with Crippen LogP contribution in [0.3, 0.4) is 0 Å². The summed E-state index contributed by atoms with van der Waals surface area (Å²) in [6.07, 6.45) is 2.19. The average molecular weight is 294 g/mol. The second kappa shape index (κ2) is 6.39. The lowest BCUT2D eigenvalue weighted by atomic mass is 9.97. The highest BCUT2D eigenvalue weighted by molar-refractivity contribution is 8.14. The van der Waals surface area contributed by atoms with E-state index in [2.05, 4.69) is 19.2 Å². The van der Waals surface area contributed by atoms with Gasteiger partial charge in [-0.15, -0.1) is 0 Å². The van der Waals surface area contributed by atoms with Crippen LogP contribution in [0, 0.1) is 0 Å². The van der Waals surface area contributed by atoms with Gasteiger partial charge in [0.15, 0.2) is 16.7 Å². The van der Waals surface area contributed by atoms with Crippen molar-refractivity contribution in [2.45, 2.75) is 32.2 Å². The first-order valence-corrected chi connectivity index (χ1v) is 7.80. The summed E-state index contributed by atoms with van der Waals surface area (Å²) in [5, 5.41) is 4.35. The minimum Gasteiger partial charge on any atom is -0.493 e. The van der Waals surface area contributed by atoms with Crippen LogP contribution in [0.15, 0.2) is 23.2 Å². The number of benzene rings is 1. The van der Waals surface area contributed by atoms with Crippen LogP contribution >= 0.6 is 11.8 Å². The number of hydrogen-bond acceptors (Lipinski definition) is 5. The molecule has 0 aliphatic carbocycles. The van der Waals surface area contributed by atoms with E-state index in [1.165, 1.54) is 0 Å². The third-order valence-electron chi connectivity index (χ3n) is 3.65. The van der Waals surface area contributed by atoms with E-state index in [4.69, 9.17) is 14.5 Å². The normalized spacial score (nSPS) is 22.1. The second-order valence-electron chi connectivity index (χ2n) is 5.06. The molecule has 0 aromatic heterocycles. The molecule has 1 aliphatic rings. The van der Waals surface area contributed by atoms with Crippen molar-refractivity contribution in [2.24, 2.45) is 4.99 Å². The number of rotatable bonds is 4. The van der Waals surface area contributed by atoms with Gasteiger partial charge < -0.3 is 14.8 Å². The lowest BCUT2D eigenvalue weighted by Gasteiger charge is -2.29. The maximum absolute atomic E-state index is 5.32. The summed E-state index contributed by atoms with van der Waals surface area (Å²) in [5.74, 6) is 2.55. The Labute approximate surface area is 125 Å². The van der Waals surface area contributed by atoms with Gasteiger partial charge >= 0.3 is 0 Å². The highest BCUT2D eigenvalue weighted by Gasteiger charge is 2.26. The summed E-state index contributed by atoms with van der Waals surface area (Å²) >= 11 is 1.77. The zero-order valence-electron chi connectivity index (χ0n) is 12.5. The number of aliphatic imine (C=N–C) groups is 1. The molecule has 1 unspecified atom stereocenters. The largest absolute Gasteiger partial charge is 0.493 e. The maximum Gasteiger partial charge on any atom is 0.162 e. The fourth-order valence-electron chi connectivity index (χ4n) is 2.06. The molecule has 0 radical (unpaired) electrons. The first kappa shape index (κ1) is 15.0. The van der Waals surface area contributed by atoms with Crippen molar-refractivity contribution in [3.05, 3.63) is 18.2 Å². The Kier molecular flexibility index (Phi) is 4.81. The van der Waals surface area contributed by atoms with Gasteiger partial charge in [-0.25, -0.2) is 0 Å². The Morgan fingerprint density at radius 2 is 2.05 bits per heavy atom. The molecule has 1 aromatic rings. The molecule has 0 amide bonds. The van der Waals surface area contributed by atoms with Gasteiger partial charge in [0, 0.05) is 17.5 Å². The Bertz CT molecular complexity index is 505. The van der Waals surface area contributed by atoms with Crippen molar-refractivity contribution in [2.75, 3.05) is 25.3 Å². The second-order valence-corrected chi connectivity index (χ2v) is 6.14. The quantitative estimate of drug-likeness (QED) is 0.917. The van der Waals surface area contributed by atoms with Crippen LogP contribution in [0.4, 0.5) is 5.69 Å². The monoisotopic (exact) mass is 294 g/mol. The van der Waals surface area contributed by atoms with Gasteiger partial charge in [0.05, 0.1) is 19.8 Å². The molecule has 1 atom stereocenters. The van der Waals surface area contributed by atoms with Crippen LogP contribution in [0.2, 0.25) is 0 Å². The SMILES string of the molecule is CCC1(C)CCSC(Nc2ccc(OC)c(OC)c2)=N1. The van der Waals surface area contributed by atoms with Crippen molar-refractivity contribution < 1.29 is 9.47 Å². The van der Waals surface area contributed by atoms with Crippen LogP contribution in [0.1, 0.15) is 26.7 Å². The van der Waals surface area contributed by atoms with Gasteiger partial charge in [-0.3, -0.25) is 4.99 Å². The van der Waals surface area contributed by atoms with Crippen molar-refractivity contribution >= 4 is 22.6 Å². The molecular formula is C15H22N2O2S. The summed E-state index contributed by atoms with van der Waals surface area (Å²) in [7, 11) is 3.28. The van der Waals surface area contributed by atoms with Crippen LogP contribution in [-0.2, 0) is 0 Å². The number of nitrogens with zero attached hydrogens (tertiary/aromatic N) is 1. The number of anilines is 1. The highest BCUT2D eigenvalue weighted by Crippen LogP contribution is 2.32. The van der Waals surface area contributed by atoms with Crippen molar-refractivity contribution in [3.8, 4) is 11.5 Å². The summed E-state index contributed by atoms with van der Waals surface area (Å²) in [5.41, 5.74) is 1.03. The number of nitrogens with one attached hydrogen (secondary N) is 1. The van der Waals surface area contributed by atoms with Crippen molar-refractivity contribution in [3.63, 3.8) is 0 Å². The van der Waals surface area contributed by atoms with Gasteiger partial charge in [0.2, 0.25) is 0 Å². The molecule has 0 bridgehead atoms. The molecule has 110 valence electrons. The highest BCUT2D eigenvalue weighted by atomic mass is 32.2. The summed E-state index contributed by atoms with van der Waals surface area (Å²) in [6, 6.07) is 5.80. The van der Waals surface area contributed by atoms with E-state index >= 15 is 0 Å². The molecule has 1 aliphatic heterocycles. The Morgan fingerprint density at radius 3 is 2.70 bits per heavy atom. The molecule has 2 rings (SSSR count). The molecular weight excluding hydrogens is 272 g/mol.